The topological polar surface area (TPSA) is 49.4 Å². The number of hydrogen-bond acceptors (Lipinski definition) is 2. The van der Waals surface area contributed by atoms with Crippen molar-refractivity contribution >= 4 is 23.4 Å². The highest BCUT2D eigenvalue weighted by atomic mass is 35.5. The normalized spacial score (nSPS) is 19.4. The number of amides is 2. The van der Waals surface area contributed by atoms with Gasteiger partial charge in [0, 0.05) is 10.6 Å². The smallest absolute Gasteiger partial charge is 0.243 e. The van der Waals surface area contributed by atoms with Crippen molar-refractivity contribution in [3.63, 3.8) is 0 Å². The first kappa shape index (κ1) is 14.8. The number of nitrogens with one attached hydrogen (secondary N) is 1. The standard InChI is InChI=1S/C14H16ClFN2O2/c1-8(2)13-14(20)17-6-12(19)18(13)7-9-10(15)4-3-5-11(9)16/h3-5,8,13H,6-7H2,1-2H3,(H,17,20). The largest absolute Gasteiger partial charge is 0.345 e. The molecule has 4 nitrogen and oxygen atoms in total. The molecule has 108 valence electrons. The number of rotatable bonds is 3. The summed E-state index contributed by atoms with van der Waals surface area (Å²) in [6.45, 7) is 3.63. The summed E-state index contributed by atoms with van der Waals surface area (Å²) in [5.41, 5.74) is 0.239. The number of benzene rings is 1. The van der Waals surface area contributed by atoms with Crippen LogP contribution in [0.2, 0.25) is 5.02 Å². The van der Waals surface area contributed by atoms with Crippen LogP contribution in [-0.4, -0.2) is 29.3 Å². The molecule has 1 aromatic rings. The molecule has 1 N–H and O–H groups in total. The van der Waals surface area contributed by atoms with Gasteiger partial charge in [-0.25, -0.2) is 4.39 Å². The van der Waals surface area contributed by atoms with Crippen LogP contribution >= 0.6 is 11.6 Å². The van der Waals surface area contributed by atoms with Crippen molar-refractivity contribution in [1.29, 1.82) is 0 Å². The molecular weight excluding hydrogens is 283 g/mol. The molecule has 2 rings (SSSR count). The Bertz CT molecular complexity index is 528. The molecule has 0 saturated carbocycles. The van der Waals surface area contributed by atoms with Gasteiger partial charge in [-0.15, -0.1) is 0 Å². The number of hydrogen-bond donors (Lipinski definition) is 1. The predicted octanol–water partition coefficient (Wildman–Crippen LogP) is 1.96. The highest BCUT2D eigenvalue weighted by Gasteiger charge is 2.37. The highest BCUT2D eigenvalue weighted by Crippen LogP contribution is 2.24. The summed E-state index contributed by atoms with van der Waals surface area (Å²) < 4.78 is 13.8. The summed E-state index contributed by atoms with van der Waals surface area (Å²) in [4.78, 5) is 25.3. The van der Waals surface area contributed by atoms with Crippen molar-refractivity contribution in [3.05, 3.63) is 34.6 Å². The fraction of sp³-hybridized carbons (Fsp3) is 0.429. The van der Waals surface area contributed by atoms with Crippen molar-refractivity contribution in [3.8, 4) is 0 Å². The number of piperazine rings is 1. The SMILES string of the molecule is CC(C)C1C(=O)NCC(=O)N1Cc1c(F)cccc1Cl. The van der Waals surface area contributed by atoms with Crippen molar-refractivity contribution in [2.45, 2.75) is 26.4 Å². The van der Waals surface area contributed by atoms with E-state index in [-0.39, 0.29) is 41.4 Å². The highest BCUT2D eigenvalue weighted by molar-refractivity contribution is 6.31. The minimum Gasteiger partial charge on any atom is -0.345 e. The molecule has 1 aliphatic heterocycles. The molecule has 1 heterocycles. The van der Waals surface area contributed by atoms with Crippen molar-refractivity contribution in [2.24, 2.45) is 5.92 Å². The van der Waals surface area contributed by atoms with Gasteiger partial charge in [-0.05, 0) is 18.1 Å². The lowest BCUT2D eigenvalue weighted by molar-refractivity contribution is -0.148. The first-order valence-corrected chi connectivity index (χ1v) is 6.79. The van der Waals surface area contributed by atoms with Crippen LogP contribution in [0.15, 0.2) is 18.2 Å². The molecule has 6 heteroatoms. The molecule has 1 saturated heterocycles. The molecule has 1 unspecified atom stereocenters. The van der Waals surface area contributed by atoms with Crippen LogP contribution in [0.5, 0.6) is 0 Å². The van der Waals surface area contributed by atoms with Crippen LogP contribution in [0.4, 0.5) is 4.39 Å². The van der Waals surface area contributed by atoms with E-state index >= 15 is 0 Å². The first-order chi connectivity index (χ1) is 9.41. The van der Waals surface area contributed by atoms with Gasteiger partial charge in [0.05, 0.1) is 13.1 Å². The molecule has 0 bridgehead atoms. The lowest BCUT2D eigenvalue weighted by Gasteiger charge is -2.37. The van der Waals surface area contributed by atoms with Gasteiger partial charge in [-0.3, -0.25) is 9.59 Å². The minimum atomic E-state index is -0.605. The van der Waals surface area contributed by atoms with E-state index in [0.717, 1.165) is 0 Å². The molecule has 1 aromatic carbocycles. The Balaban J connectivity index is 2.33. The van der Waals surface area contributed by atoms with Gasteiger partial charge >= 0.3 is 0 Å². The van der Waals surface area contributed by atoms with E-state index < -0.39 is 11.9 Å². The van der Waals surface area contributed by atoms with Crippen LogP contribution in [0.3, 0.4) is 0 Å². The Morgan fingerprint density at radius 2 is 2.15 bits per heavy atom. The summed E-state index contributed by atoms with van der Waals surface area (Å²) in [6.07, 6.45) is 0. The van der Waals surface area contributed by atoms with E-state index in [4.69, 9.17) is 11.6 Å². The van der Waals surface area contributed by atoms with Crippen molar-refractivity contribution in [1.82, 2.24) is 10.2 Å². The lowest BCUT2D eigenvalue weighted by atomic mass is 9.98. The second-order valence-electron chi connectivity index (χ2n) is 5.13. The molecule has 1 fully saturated rings. The van der Waals surface area contributed by atoms with Gasteiger partial charge in [0.25, 0.3) is 0 Å². The summed E-state index contributed by atoms with van der Waals surface area (Å²) in [5.74, 6) is -0.988. The number of nitrogens with zero attached hydrogens (tertiary/aromatic N) is 1. The van der Waals surface area contributed by atoms with E-state index in [0.29, 0.717) is 0 Å². The predicted molar refractivity (Wildman–Crippen MR) is 73.6 cm³/mol. The average molecular weight is 299 g/mol. The van der Waals surface area contributed by atoms with Gasteiger partial charge in [0.2, 0.25) is 11.8 Å². The minimum absolute atomic E-state index is 0.000602. The van der Waals surface area contributed by atoms with Crippen LogP contribution in [0.1, 0.15) is 19.4 Å². The summed E-state index contributed by atoms with van der Waals surface area (Å²) in [5, 5.41) is 2.81. The third kappa shape index (κ3) is 2.77. The van der Waals surface area contributed by atoms with Crippen molar-refractivity contribution < 1.29 is 14.0 Å². The summed E-state index contributed by atoms with van der Waals surface area (Å²) in [6, 6.07) is 3.76. The Kier molecular flexibility index (Phi) is 4.28. The Hall–Kier alpha value is -1.62. The molecule has 2 amide bonds. The summed E-state index contributed by atoms with van der Waals surface area (Å²) in [7, 11) is 0. The zero-order chi connectivity index (χ0) is 14.9. The van der Waals surface area contributed by atoms with Crippen LogP contribution in [0.25, 0.3) is 0 Å². The zero-order valence-corrected chi connectivity index (χ0v) is 12.1. The van der Waals surface area contributed by atoms with Gasteiger partial charge in [0.1, 0.15) is 11.9 Å². The van der Waals surface area contributed by atoms with Gasteiger partial charge in [0.15, 0.2) is 0 Å². The summed E-state index contributed by atoms with van der Waals surface area (Å²) >= 11 is 5.98. The zero-order valence-electron chi connectivity index (χ0n) is 11.3. The van der Waals surface area contributed by atoms with E-state index in [2.05, 4.69) is 5.32 Å². The van der Waals surface area contributed by atoms with E-state index in [9.17, 15) is 14.0 Å². The van der Waals surface area contributed by atoms with Crippen molar-refractivity contribution in [2.75, 3.05) is 6.54 Å². The van der Waals surface area contributed by atoms with Gasteiger partial charge in [-0.2, -0.15) is 0 Å². The lowest BCUT2D eigenvalue weighted by Crippen LogP contribution is -2.59. The Labute approximate surface area is 121 Å². The maximum Gasteiger partial charge on any atom is 0.243 e. The number of carbonyl (C=O) groups excluding carboxylic acids is 2. The molecule has 0 radical (unpaired) electrons. The maximum absolute atomic E-state index is 13.8. The molecular formula is C14H16ClFN2O2. The second kappa shape index (κ2) is 5.79. The number of halogens is 2. The average Bonchev–Trinajstić information content (AvgIpc) is 2.37. The third-order valence-corrected chi connectivity index (χ3v) is 3.71. The van der Waals surface area contributed by atoms with Gasteiger partial charge < -0.3 is 10.2 Å². The van der Waals surface area contributed by atoms with Crippen LogP contribution < -0.4 is 5.32 Å². The molecule has 0 spiro atoms. The third-order valence-electron chi connectivity index (χ3n) is 3.36. The maximum atomic E-state index is 13.8. The Morgan fingerprint density at radius 3 is 2.75 bits per heavy atom. The molecule has 0 aromatic heterocycles. The molecule has 20 heavy (non-hydrogen) atoms. The second-order valence-corrected chi connectivity index (χ2v) is 5.54. The fourth-order valence-electron chi connectivity index (χ4n) is 2.37. The number of carbonyl (C=O) groups is 2. The first-order valence-electron chi connectivity index (χ1n) is 6.42. The van der Waals surface area contributed by atoms with E-state index in [1.54, 1.807) is 6.07 Å². The fourth-order valence-corrected chi connectivity index (χ4v) is 2.59. The van der Waals surface area contributed by atoms with Crippen LogP contribution in [0, 0.1) is 11.7 Å². The van der Waals surface area contributed by atoms with Crippen LogP contribution in [-0.2, 0) is 16.1 Å². The monoisotopic (exact) mass is 298 g/mol. The van der Waals surface area contributed by atoms with E-state index in [1.807, 2.05) is 13.8 Å². The molecule has 1 atom stereocenters. The van der Waals surface area contributed by atoms with E-state index in [1.165, 1.54) is 17.0 Å². The molecule has 0 aliphatic carbocycles. The molecule has 1 aliphatic rings. The quantitative estimate of drug-likeness (QED) is 0.927. The van der Waals surface area contributed by atoms with Gasteiger partial charge in [-0.1, -0.05) is 31.5 Å². The Morgan fingerprint density at radius 1 is 1.45 bits per heavy atom.